The Morgan fingerprint density at radius 1 is 1.08 bits per heavy atom. The van der Waals surface area contributed by atoms with Crippen LogP contribution in [-0.2, 0) is 7.05 Å². The van der Waals surface area contributed by atoms with Crippen LogP contribution < -0.4 is 15.0 Å². The number of piperidine rings is 1. The van der Waals surface area contributed by atoms with Gasteiger partial charge in [-0.25, -0.2) is 33.7 Å². The van der Waals surface area contributed by atoms with Gasteiger partial charge < -0.3 is 24.6 Å². The molecule has 2 aromatic carbocycles. The van der Waals surface area contributed by atoms with Gasteiger partial charge in [-0.15, -0.1) is 0 Å². The molecule has 1 aliphatic heterocycles. The molecule has 0 saturated carbocycles. The Kier molecular flexibility index (Phi) is 5.75. The molecule has 1 atom stereocenters. The average Bonchev–Trinajstić information content (AvgIpc) is 3.27. The van der Waals surface area contributed by atoms with Crippen LogP contribution >= 0.6 is 0 Å². The monoisotopic (exact) mass is 518 g/mol. The van der Waals surface area contributed by atoms with E-state index in [-0.39, 0.29) is 19.0 Å². The molecule has 6 rings (SSSR count). The fourth-order valence-corrected chi connectivity index (χ4v) is 4.44. The van der Waals surface area contributed by atoms with Crippen molar-refractivity contribution in [1.82, 2.24) is 29.5 Å². The zero-order valence-electron chi connectivity index (χ0n) is 20.6. The molecule has 194 valence electrons. The number of aromatic nitrogens is 6. The predicted octanol–water partition coefficient (Wildman–Crippen LogP) is 4.36. The van der Waals surface area contributed by atoms with Crippen molar-refractivity contribution in [1.29, 1.82) is 0 Å². The standard InChI is InChI=1S/C26H24F2N8O2/c1-15-9-16(3-6-21(15)38-17-4-5-20-18(10-17)32-14-35(20)2)33-24-23-19(30-13-31-24)11-29-25(34-23)36-8-7-26(27,28)22(37)12-36/h3-6,9-11,13-14,22,37H,7-8,12H2,1-2H3,(H,30,31,33)/t22-/m0/s1. The van der Waals surface area contributed by atoms with E-state index in [2.05, 4.69) is 30.2 Å². The Morgan fingerprint density at radius 2 is 1.95 bits per heavy atom. The average molecular weight is 519 g/mol. The van der Waals surface area contributed by atoms with Gasteiger partial charge in [0.2, 0.25) is 5.95 Å². The first-order valence-corrected chi connectivity index (χ1v) is 12.0. The summed E-state index contributed by atoms with van der Waals surface area (Å²) in [5, 5.41) is 13.1. The minimum atomic E-state index is -3.12. The van der Waals surface area contributed by atoms with Crippen molar-refractivity contribution >= 4 is 39.5 Å². The molecule has 0 aliphatic carbocycles. The Labute approximate surface area is 216 Å². The summed E-state index contributed by atoms with van der Waals surface area (Å²) in [6.07, 6.45) is 2.42. The van der Waals surface area contributed by atoms with Crippen molar-refractivity contribution in [3.8, 4) is 11.5 Å². The molecule has 0 radical (unpaired) electrons. The second kappa shape index (κ2) is 9.14. The molecular weight excluding hydrogens is 494 g/mol. The second-order valence-electron chi connectivity index (χ2n) is 9.31. The van der Waals surface area contributed by atoms with E-state index in [0.717, 1.165) is 22.3 Å². The molecule has 0 unspecified atom stereocenters. The van der Waals surface area contributed by atoms with E-state index in [9.17, 15) is 13.9 Å². The molecule has 0 spiro atoms. The molecule has 10 nitrogen and oxygen atoms in total. The van der Waals surface area contributed by atoms with Gasteiger partial charge in [-0.2, -0.15) is 0 Å². The Morgan fingerprint density at radius 3 is 2.76 bits per heavy atom. The molecule has 1 aliphatic rings. The maximum atomic E-state index is 13.7. The van der Waals surface area contributed by atoms with Gasteiger partial charge in [-0.05, 0) is 42.8 Å². The number of ether oxygens (including phenoxy) is 1. The van der Waals surface area contributed by atoms with Crippen LogP contribution in [0, 0.1) is 6.92 Å². The summed E-state index contributed by atoms with van der Waals surface area (Å²) in [5.74, 6) is -1.07. The number of hydrogen-bond donors (Lipinski definition) is 2. The molecule has 12 heteroatoms. The number of β-amino-alcohol motifs (C(OH)–C–C–N with tert-alkyl or cyclic N) is 1. The minimum Gasteiger partial charge on any atom is -0.457 e. The third kappa shape index (κ3) is 4.43. The molecular formula is C26H24F2N8O2. The summed E-state index contributed by atoms with van der Waals surface area (Å²) in [7, 11) is 1.94. The van der Waals surface area contributed by atoms with E-state index in [1.165, 1.54) is 17.4 Å². The highest BCUT2D eigenvalue weighted by atomic mass is 19.3. The van der Waals surface area contributed by atoms with Crippen LogP contribution in [0.4, 0.5) is 26.2 Å². The summed E-state index contributed by atoms with van der Waals surface area (Å²) in [4.78, 5) is 23.3. The SMILES string of the molecule is Cc1cc(Nc2ncnc3cnc(N4CCC(F)(F)[C@@H](O)C4)nc23)ccc1Oc1ccc2c(c1)ncn2C. The number of fused-ring (bicyclic) bond motifs is 2. The molecule has 1 saturated heterocycles. The lowest BCUT2D eigenvalue weighted by atomic mass is 10.0. The number of benzene rings is 2. The molecule has 5 aromatic rings. The largest absolute Gasteiger partial charge is 0.457 e. The summed E-state index contributed by atoms with van der Waals surface area (Å²) in [6, 6.07) is 11.4. The lowest BCUT2D eigenvalue weighted by Crippen LogP contribution is -2.51. The Balaban J connectivity index is 1.23. The normalized spacial score (nSPS) is 17.2. The van der Waals surface area contributed by atoms with Crippen molar-refractivity contribution in [2.24, 2.45) is 7.05 Å². The highest BCUT2D eigenvalue weighted by Crippen LogP contribution is 2.32. The molecule has 1 fully saturated rings. The molecule has 0 amide bonds. The molecule has 4 heterocycles. The molecule has 2 N–H and O–H groups in total. The molecule has 0 bridgehead atoms. The third-order valence-corrected chi connectivity index (χ3v) is 6.61. The van der Waals surface area contributed by atoms with Crippen LogP contribution in [0.2, 0.25) is 0 Å². The van der Waals surface area contributed by atoms with Crippen LogP contribution in [0.3, 0.4) is 0 Å². The van der Waals surface area contributed by atoms with Gasteiger partial charge in [0.15, 0.2) is 5.82 Å². The zero-order valence-corrected chi connectivity index (χ0v) is 20.6. The fraction of sp³-hybridized carbons (Fsp3) is 0.269. The van der Waals surface area contributed by atoms with Gasteiger partial charge in [-0.1, -0.05) is 0 Å². The quantitative estimate of drug-likeness (QED) is 0.350. The maximum absolute atomic E-state index is 13.7. The third-order valence-electron chi connectivity index (χ3n) is 6.61. The Hall–Kier alpha value is -4.45. The van der Waals surface area contributed by atoms with Gasteiger partial charge in [-0.3, -0.25) is 0 Å². The highest BCUT2D eigenvalue weighted by Gasteiger charge is 2.43. The number of aryl methyl sites for hydroxylation is 2. The van der Waals surface area contributed by atoms with Crippen LogP contribution in [0.1, 0.15) is 12.0 Å². The van der Waals surface area contributed by atoms with Gasteiger partial charge in [0, 0.05) is 31.8 Å². The Bertz CT molecular complexity index is 1660. The summed E-state index contributed by atoms with van der Waals surface area (Å²) >= 11 is 0. The number of nitrogens with zero attached hydrogens (tertiary/aromatic N) is 7. The first-order valence-electron chi connectivity index (χ1n) is 12.0. The zero-order chi connectivity index (χ0) is 26.4. The molecule has 3 aromatic heterocycles. The maximum Gasteiger partial charge on any atom is 0.276 e. The lowest BCUT2D eigenvalue weighted by molar-refractivity contribution is -0.118. The predicted molar refractivity (Wildman–Crippen MR) is 138 cm³/mol. The van der Waals surface area contributed by atoms with E-state index in [4.69, 9.17) is 4.74 Å². The van der Waals surface area contributed by atoms with Crippen LogP contribution in [0.15, 0.2) is 55.2 Å². The minimum absolute atomic E-state index is 0.0277. The van der Waals surface area contributed by atoms with Crippen LogP contribution in [0.25, 0.3) is 22.1 Å². The van der Waals surface area contributed by atoms with E-state index in [0.29, 0.717) is 28.4 Å². The number of halogens is 2. The lowest BCUT2D eigenvalue weighted by Gasteiger charge is -2.35. The van der Waals surface area contributed by atoms with E-state index < -0.39 is 18.4 Å². The first-order chi connectivity index (χ1) is 18.3. The summed E-state index contributed by atoms with van der Waals surface area (Å²) in [6.45, 7) is 1.71. The second-order valence-corrected chi connectivity index (χ2v) is 9.31. The summed E-state index contributed by atoms with van der Waals surface area (Å²) in [5.41, 5.74) is 4.45. The number of imidazole rings is 1. The van der Waals surface area contributed by atoms with Crippen molar-refractivity contribution in [2.75, 3.05) is 23.3 Å². The van der Waals surface area contributed by atoms with Crippen molar-refractivity contribution in [3.63, 3.8) is 0 Å². The van der Waals surface area contributed by atoms with Crippen molar-refractivity contribution in [3.05, 3.63) is 60.8 Å². The fourth-order valence-electron chi connectivity index (χ4n) is 4.44. The number of alkyl halides is 2. The van der Waals surface area contributed by atoms with Crippen LogP contribution in [-0.4, -0.2) is 59.7 Å². The topological polar surface area (TPSA) is 114 Å². The number of anilines is 3. The first kappa shape index (κ1) is 23.9. The van der Waals surface area contributed by atoms with Gasteiger partial charge >= 0.3 is 0 Å². The highest BCUT2D eigenvalue weighted by molar-refractivity contribution is 5.87. The van der Waals surface area contributed by atoms with Crippen LogP contribution in [0.5, 0.6) is 11.5 Å². The number of rotatable bonds is 5. The van der Waals surface area contributed by atoms with Crippen molar-refractivity contribution in [2.45, 2.75) is 25.4 Å². The number of nitrogens with one attached hydrogen (secondary N) is 1. The van der Waals surface area contributed by atoms with E-state index >= 15 is 0 Å². The van der Waals surface area contributed by atoms with E-state index in [1.807, 2.05) is 54.9 Å². The van der Waals surface area contributed by atoms with E-state index in [1.54, 1.807) is 6.33 Å². The van der Waals surface area contributed by atoms with Gasteiger partial charge in [0.25, 0.3) is 5.92 Å². The smallest absolute Gasteiger partial charge is 0.276 e. The van der Waals surface area contributed by atoms with Crippen molar-refractivity contribution < 1.29 is 18.6 Å². The number of aliphatic hydroxyl groups is 1. The van der Waals surface area contributed by atoms with Gasteiger partial charge in [0.1, 0.15) is 35.0 Å². The van der Waals surface area contributed by atoms with Gasteiger partial charge in [0.05, 0.1) is 30.1 Å². The number of aliphatic hydroxyl groups excluding tert-OH is 1. The number of hydrogen-bond acceptors (Lipinski definition) is 9. The molecule has 38 heavy (non-hydrogen) atoms. The summed E-state index contributed by atoms with van der Waals surface area (Å²) < 4.78 is 35.5.